The van der Waals surface area contributed by atoms with Crippen molar-refractivity contribution in [2.75, 3.05) is 31.1 Å². The first-order valence-electron chi connectivity index (χ1n) is 7.59. The molecule has 0 aliphatic carbocycles. The smallest absolute Gasteiger partial charge is 0.0476 e. The van der Waals surface area contributed by atoms with Crippen LogP contribution in [0.15, 0.2) is 18.2 Å². The molecule has 0 aromatic heterocycles. The Hall–Kier alpha value is -0.770. The van der Waals surface area contributed by atoms with Crippen LogP contribution in [0.1, 0.15) is 31.7 Å². The highest BCUT2D eigenvalue weighted by atomic mass is 35.5. The number of aliphatic hydroxyl groups excluding tert-OH is 1. The van der Waals surface area contributed by atoms with E-state index >= 15 is 0 Å². The summed E-state index contributed by atoms with van der Waals surface area (Å²) in [6.45, 7) is 6.34. The van der Waals surface area contributed by atoms with Gasteiger partial charge < -0.3 is 15.3 Å². The van der Waals surface area contributed by atoms with E-state index in [4.69, 9.17) is 11.6 Å². The minimum absolute atomic E-state index is 0.278. The molecule has 1 aromatic carbocycles. The van der Waals surface area contributed by atoms with E-state index in [2.05, 4.69) is 29.3 Å². The number of anilines is 1. The molecule has 1 heterocycles. The summed E-state index contributed by atoms with van der Waals surface area (Å²) in [6.07, 6.45) is 3.40. The number of hydrogen-bond donors (Lipinski definition) is 2. The zero-order valence-corrected chi connectivity index (χ0v) is 13.0. The normalized spacial score (nSPS) is 19.4. The summed E-state index contributed by atoms with van der Waals surface area (Å²) in [6, 6.07) is 6.13. The van der Waals surface area contributed by atoms with Gasteiger partial charge in [-0.15, -0.1) is 0 Å². The van der Waals surface area contributed by atoms with Gasteiger partial charge in [-0.25, -0.2) is 0 Å². The molecule has 112 valence electrons. The van der Waals surface area contributed by atoms with Gasteiger partial charge in [0.05, 0.1) is 0 Å². The third-order valence-electron chi connectivity index (χ3n) is 3.91. The molecule has 1 saturated heterocycles. The van der Waals surface area contributed by atoms with E-state index in [0.29, 0.717) is 5.92 Å². The van der Waals surface area contributed by atoms with Gasteiger partial charge in [0.2, 0.25) is 0 Å². The van der Waals surface area contributed by atoms with E-state index in [0.717, 1.165) is 50.5 Å². The monoisotopic (exact) mass is 296 g/mol. The average Bonchev–Trinajstić information content (AvgIpc) is 2.49. The number of hydrogen-bond acceptors (Lipinski definition) is 3. The van der Waals surface area contributed by atoms with Gasteiger partial charge in [-0.1, -0.05) is 24.6 Å². The molecule has 3 nitrogen and oxygen atoms in total. The Morgan fingerprint density at radius 3 is 3.05 bits per heavy atom. The van der Waals surface area contributed by atoms with Gasteiger partial charge in [-0.3, -0.25) is 0 Å². The van der Waals surface area contributed by atoms with Crippen molar-refractivity contribution in [3.8, 4) is 0 Å². The van der Waals surface area contributed by atoms with Crippen molar-refractivity contribution >= 4 is 17.3 Å². The van der Waals surface area contributed by atoms with Gasteiger partial charge in [0, 0.05) is 37.0 Å². The van der Waals surface area contributed by atoms with E-state index in [1.165, 1.54) is 11.3 Å². The molecule has 0 saturated carbocycles. The summed E-state index contributed by atoms with van der Waals surface area (Å²) in [5, 5.41) is 13.6. The molecule has 1 fully saturated rings. The van der Waals surface area contributed by atoms with E-state index in [1.54, 1.807) is 0 Å². The third-order valence-corrected chi connectivity index (χ3v) is 4.14. The first-order valence-corrected chi connectivity index (χ1v) is 7.97. The Morgan fingerprint density at radius 1 is 1.45 bits per heavy atom. The fraction of sp³-hybridized carbons (Fsp3) is 0.625. The van der Waals surface area contributed by atoms with Crippen molar-refractivity contribution in [3.05, 3.63) is 28.8 Å². The maximum absolute atomic E-state index is 9.39. The molecular formula is C16H25ClN2O. The van der Waals surface area contributed by atoms with Gasteiger partial charge in [0.25, 0.3) is 0 Å². The minimum Gasteiger partial charge on any atom is -0.396 e. The first-order chi connectivity index (χ1) is 9.74. The lowest BCUT2D eigenvalue weighted by Crippen LogP contribution is -2.37. The number of nitrogens with zero attached hydrogens (tertiary/aromatic N) is 1. The lowest BCUT2D eigenvalue weighted by molar-refractivity contribution is 0.208. The summed E-state index contributed by atoms with van der Waals surface area (Å²) >= 11 is 6.17. The van der Waals surface area contributed by atoms with E-state index in [1.807, 2.05) is 6.07 Å². The number of halogens is 1. The standard InChI is InChI=1S/C16H25ClN2O/c1-2-7-18-10-14-5-6-15(17)9-16(14)19-8-3-4-13(11-19)12-20/h5-6,9,13,18,20H,2-4,7-8,10-12H2,1H3. The van der Waals surface area contributed by atoms with Gasteiger partial charge in [0.1, 0.15) is 0 Å². The molecule has 1 unspecified atom stereocenters. The molecular weight excluding hydrogens is 272 g/mol. The van der Waals surface area contributed by atoms with Crippen molar-refractivity contribution in [3.63, 3.8) is 0 Å². The van der Waals surface area contributed by atoms with Crippen molar-refractivity contribution in [2.45, 2.75) is 32.7 Å². The molecule has 4 heteroatoms. The number of nitrogens with one attached hydrogen (secondary N) is 1. The topological polar surface area (TPSA) is 35.5 Å². The summed E-state index contributed by atoms with van der Waals surface area (Å²) in [7, 11) is 0. The molecule has 2 rings (SSSR count). The van der Waals surface area contributed by atoms with E-state index in [9.17, 15) is 5.11 Å². The molecule has 1 atom stereocenters. The number of rotatable bonds is 6. The third kappa shape index (κ3) is 4.11. The molecule has 0 bridgehead atoms. The number of benzene rings is 1. The van der Waals surface area contributed by atoms with E-state index in [-0.39, 0.29) is 6.61 Å². The molecule has 20 heavy (non-hydrogen) atoms. The molecule has 1 aliphatic rings. The fourth-order valence-electron chi connectivity index (χ4n) is 2.81. The van der Waals surface area contributed by atoms with Crippen LogP contribution in [-0.4, -0.2) is 31.3 Å². The average molecular weight is 297 g/mol. The highest BCUT2D eigenvalue weighted by molar-refractivity contribution is 6.30. The summed E-state index contributed by atoms with van der Waals surface area (Å²) in [4.78, 5) is 2.37. The second-order valence-corrected chi connectivity index (χ2v) is 6.02. The van der Waals surface area contributed by atoms with Crippen LogP contribution in [0.3, 0.4) is 0 Å². The van der Waals surface area contributed by atoms with Crippen LogP contribution in [0, 0.1) is 5.92 Å². The maximum Gasteiger partial charge on any atom is 0.0476 e. The molecule has 0 radical (unpaired) electrons. The Morgan fingerprint density at radius 2 is 2.30 bits per heavy atom. The summed E-state index contributed by atoms with van der Waals surface area (Å²) in [5.41, 5.74) is 2.51. The van der Waals surface area contributed by atoms with Crippen LogP contribution >= 0.6 is 11.6 Å². The summed E-state index contributed by atoms with van der Waals surface area (Å²) < 4.78 is 0. The van der Waals surface area contributed by atoms with Crippen molar-refractivity contribution < 1.29 is 5.11 Å². The van der Waals surface area contributed by atoms with Gasteiger partial charge in [-0.2, -0.15) is 0 Å². The highest BCUT2D eigenvalue weighted by Crippen LogP contribution is 2.29. The highest BCUT2D eigenvalue weighted by Gasteiger charge is 2.21. The predicted molar refractivity (Wildman–Crippen MR) is 85.5 cm³/mol. The molecule has 1 aliphatic heterocycles. The van der Waals surface area contributed by atoms with E-state index < -0.39 is 0 Å². The Labute approximate surface area is 126 Å². The van der Waals surface area contributed by atoms with Crippen LogP contribution in [-0.2, 0) is 6.54 Å². The lowest BCUT2D eigenvalue weighted by Gasteiger charge is -2.35. The second-order valence-electron chi connectivity index (χ2n) is 5.59. The van der Waals surface area contributed by atoms with Crippen LogP contribution in [0.4, 0.5) is 5.69 Å². The quantitative estimate of drug-likeness (QED) is 0.792. The number of aliphatic hydroxyl groups is 1. The van der Waals surface area contributed by atoms with Crippen molar-refractivity contribution in [2.24, 2.45) is 5.92 Å². The summed E-state index contributed by atoms with van der Waals surface area (Å²) in [5.74, 6) is 0.388. The van der Waals surface area contributed by atoms with Crippen molar-refractivity contribution in [1.29, 1.82) is 0 Å². The SMILES string of the molecule is CCCNCc1ccc(Cl)cc1N1CCCC(CO)C1. The number of piperidine rings is 1. The van der Waals surface area contributed by atoms with Gasteiger partial charge in [0.15, 0.2) is 0 Å². The van der Waals surface area contributed by atoms with Crippen LogP contribution in [0.2, 0.25) is 5.02 Å². The lowest BCUT2D eigenvalue weighted by atomic mass is 9.97. The first kappa shape index (κ1) is 15.6. The predicted octanol–water partition coefficient (Wildman–Crippen LogP) is 3.05. The molecule has 0 amide bonds. The van der Waals surface area contributed by atoms with Crippen LogP contribution in [0.25, 0.3) is 0 Å². The molecule has 1 aromatic rings. The second kappa shape index (κ2) is 7.87. The zero-order valence-electron chi connectivity index (χ0n) is 12.2. The van der Waals surface area contributed by atoms with Crippen LogP contribution < -0.4 is 10.2 Å². The maximum atomic E-state index is 9.39. The largest absolute Gasteiger partial charge is 0.396 e. The van der Waals surface area contributed by atoms with Gasteiger partial charge in [-0.05, 0) is 49.4 Å². The molecule has 2 N–H and O–H groups in total. The Bertz CT molecular complexity index is 425. The zero-order chi connectivity index (χ0) is 14.4. The Kier molecular flexibility index (Phi) is 6.14. The van der Waals surface area contributed by atoms with Crippen molar-refractivity contribution in [1.82, 2.24) is 5.32 Å². The van der Waals surface area contributed by atoms with Crippen LogP contribution in [0.5, 0.6) is 0 Å². The van der Waals surface area contributed by atoms with Gasteiger partial charge >= 0.3 is 0 Å². The minimum atomic E-state index is 0.278. The Balaban J connectivity index is 2.13. The fourth-order valence-corrected chi connectivity index (χ4v) is 2.98. The molecule has 0 spiro atoms.